The lowest BCUT2D eigenvalue weighted by molar-refractivity contribution is 0.0726. The molecule has 0 saturated heterocycles. The smallest absolute Gasteiger partial charge is 0.254 e. The van der Waals surface area contributed by atoms with Crippen molar-refractivity contribution in [2.75, 3.05) is 19.8 Å². The largest absolute Gasteiger partial charge is 0.486 e. The number of carbonyl (C=O) groups excluding carboxylic acids is 1. The van der Waals surface area contributed by atoms with Gasteiger partial charge in [-0.2, -0.15) is 0 Å². The van der Waals surface area contributed by atoms with Crippen LogP contribution in [-0.4, -0.2) is 40.5 Å². The fraction of sp³-hybridized carbons (Fsp3) is 0.318. The van der Waals surface area contributed by atoms with Crippen LogP contribution >= 0.6 is 0 Å². The van der Waals surface area contributed by atoms with E-state index in [0.29, 0.717) is 55.7 Å². The topological polar surface area (TPSA) is 77.7 Å². The first kappa shape index (κ1) is 17.7. The van der Waals surface area contributed by atoms with Crippen molar-refractivity contribution >= 4 is 5.91 Å². The maximum Gasteiger partial charge on any atom is 0.254 e. The first-order valence-electron chi connectivity index (χ1n) is 9.81. The molecule has 1 amide bonds. The van der Waals surface area contributed by atoms with Crippen LogP contribution in [0.15, 0.2) is 47.1 Å². The zero-order valence-corrected chi connectivity index (χ0v) is 16.0. The van der Waals surface area contributed by atoms with Gasteiger partial charge in [0.05, 0.1) is 6.54 Å². The van der Waals surface area contributed by atoms with Gasteiger partial charge in [-0.3, -0.25) is 9.78 Å². The molecule has 0 fully saturated rings. The highest BCUT2D eigenvalue weighted by Crippen LogP contribution is 2.31. The van der Waals surface area contributed by atoms with Crippen molar-refractivity contribution in [3.8, 4) is 11.5 Å². The van der Waals surface area contributed by atoms with Crippen molar-refractivity contribution in [1.29, 1.82) is 0 Å². The van der Waals surface area contributed by atoms with Gasteiger partial charge in [0.2, 0.25) is 0 Å². The molecule has 148 valence electrons. The SMILES string of the molecule is O=C(c1ccc2c(c1)OCCO2)N1CCc2oc(CCc3cccnc3)nc2C1. The fourth-order valence-electron chi connectivity index (χ4n) is 3.69. The summed E-state index contributed by atoms with van der Waals surface area (Å²) >= 11 is 0. The Morgan fingerprint density at radius 3 is 2.86 bits per heavy atom. The van der Waals surface area contributed by atoms with Gasteiger partial charge in [0.15, 0.2) is 17.4 Å². The third kappa shape index (κ3) is 3.68. The lowest BCUT2D eigenvalue weighted by Gasteiger charge is -2.26. The van der Waals surface area contributed by atoms with Gasteiger partial charge in [0.25, 0.3) is 5.91 Å². The zero-order valence-electron chi connectivity index (χ0n) is 16.0. The molecule has 2 aliphatic heterocycles. The first-order valence-corrected chi connectivity index (χ1v) is 9.81. The second kappa shape index (κ2) is 7.58. The minimum atomic E-state index is -0.0347. The summed E-state index contributed by atoms with van der Waals surface area (Å²) in [4.78, 5) is 23.6. The molecule has 1 aromatic carbocycles. The van der Waals surface area contributed by atoms with E-state index in [-0.39, 0.29) is 5.91 Å². The molecule has 5 rings (SSSR count). The normalized spacial score (nSPS) is 15.1. The Morgan fingerprint density at radius 2 is 2.00 bits per heavy atom. The van der Waals surface area contributed by atoms with Crippen molar-refractivity contribution in [1.82, 2.24) is 14.9 Å². The quantitative estimate of drug-likeness (QED) is 0.681. The Balaban J connectivity index is 1.27. The van der Waals surface area contributed by atoms with E-state index in [1.165, 1.54) is 0 Å². The number of amides is 1. The Kier molecular flexibility index (Phi) is 4.63. The molecule has 29 heavy (non-hydrogen) atoms. The van der Waals surface area contributed by atoms with Crippen LogP contribution in [0.1, 0.15) is 33.3 Å². The Bertz CT molecular complexity index is 1030. The highest BCUT2D eigenvalue weighted by molar-refractivity contribution is 5.95. The molecule has 2 aromatic heterocycles. The molecule has 0 bridgehead atoms. The fourth-order valence-corrected chi connectivity index (χ4v) is 3.69. The minimum absolute atomic E-state index is 0.0347. The average Bonchev–Trinajstić information content (AvgIpc) is 3.20. The maximum absolute atomic E-state index is 13.0. The van der Waals surface area contributed by atoms with Gasteiger partial charge < -0.3 is 18.8 Å². The van der Waals surface area contributed by atoms with Crippen molar-refractivity contribution in [2.45, 2.75) is 25.8 Å². The molecule has 0 radical (unpaired) electrons. The third-order valence-corrected chi connectivity index (χ3v) is 5.20. The number of hydrogen-bond donors (Lipinski definition) is 0. The number of carbonyl (C=O) groups is 1. The number of nitrogens with zero attached hydrogens (tertiary/aromatic N) is 3. The van der Waals surface area contributed by atoms with Crippen LogP contribution in [0.4, 0.5) is 0 Å². The molecule has 7 nitrogen and oxygen atoms in total. The molecule has 0 unspecified atom stereocenters. The molecule has 4 heterocycles. The van der Waals surface area contributed by atoms with Crippen LogP contribution in [0.3, 0.4) is 0 Å². The average molecular weight is 391 g/mol. The molecule has 0 N–H and O–H groups in total. The summed E-state index contributed by atoms with van der Waals surface area (Å²) in [7, 11) is 0. The third-order valence-electron chi connectivity index (χ3n) is 5.20. The highest BCUT2D eigenvalue weighted by Gasteiger charge is 2.27. The first-order chi connectivity index (χ1) is 14.3. The predicted molar refractivity (Wildman–Crippen MR) is 104 cm³/mol. The molecular formula is C22H21N3O4. The van der Waals surface area contributed by atoms with Crippen LogP contribution in [-0.2, 0) is 25.8 Å². The summed E-state index contributed by atoms with van der Waals surface area (Å²) in [6.07, 6.45) is 5.84. The van der Waals surface area contributed by atoms with E-state index in [0.717, 1.165) is 29.9 Å². The van der Waals surface area contributed by atoms with Crippen molar-refractivity contribution in [3.05, 3.63) is 71.2 Å². The second-order valence-corrected chi connectivity index (χ2v) is 7.17. The highest BCUT2D eigenvalue weighted by atomic mass is 16.6. The van der Waals surface area contributed by atoms with Gasteiger partial charge in [-0.05, 0) is 36.2 Å². The number of aryl methyl sites for hydroxylation is 2. The molecule has 2 aliphatic rings. The predicted octanol–water partition coefficient (Wildman–Crippen LogP) is 2.82. The van der Waals surface area contributed by atoms with E-state index < -0.39 is 0 Å². The molecule has 3 aromatic rings. The van der Waals surface area contributed by atoms with E-state index in [2.05, 4.69) is 9.97 Å². The van der Waals surface area contributed by atoms with Crippen molar-refractivity contribution in [3.63, 3.8) is 0 Å². The van der Waals surface area contributed by atoms with E-state index in [1.54, 1.807) is 29.3 Å². The number of ether oxygens (including phenoxy) is 2. The maximum atomic E-state index is 13.0. The van der Waals surface area contributed by atoms with Gasteiger partial charge in [-0.25, -0.2) is 4.98 Å². The molecular weight excluding hydrogens is 370 g/mol. The number of oxazole rings is 1. The number of rotatable bonds is 4. The van der Waals surface area contributed by atoms with E-state index >= 15 is 0 Å². The number of pyridine rings is 1. The van der Waals surface area contributed by atoms with Crippen molar-refractivity contribution in [2.24, 2.45) is 0 Å². The Hall–Kier alpha value is -3.35. The van der Waals surface area contributed by atoms with Crippen LogP contribution in [0.2, 0.25) is 0 Å². The van der Waals surface area contributed by atoms with Gasteiger partial charge in [0, 0.05) is 37.3 Å². The molecule has 0 aliphatic carbocycles. The molecule has 0 saturated carbocycles. The lowest BCUT2D eigenvalue weighted by atomic mass is 10.1. The van der Waals surface area contributed by atoms with Gasteiger partial charge in [0.1, 0.15) is 24.7 Å². The van der Waals surface area contributed by atoms with Crippen LogP contribution in [0, 0.1) is 0 Å². The van der Waals surface area contributed by atoms with Crippen LogP contribution in [0.5, 0.6) is 11.5 Å². The Labute approximate surface area is 168 Å². The number of aromatic nitrogens is 2. The standard InChI is InChI=1S/C22H21N3O4/c26-22(16-4-5-19-20(12-16)28-11-10-27-19)25-9-7-18-17(14-25)24-21(29-18)6-3-15-2-1-8-23-13-15/h1-2,4-5,8,12-13H,3,6-7,9-11,14H2. The number of hydrogen-bond acceptors (Lipinski definition) is 6. The molecule has 7 heteroatoms. The zero-order chi connectivity index (χ0) is 19.6. The summed E-state index contributed by atoms with van der Waals surface area (Å²) in [5.74, 6) is 2.87. The van der Waals surface area contributed by atoms with E-state index in [4.69, 9.17) is 13.9 Å². The summed E-state index contributed by atoms with van der Waals surface area (Å²) in [6.45, 7) is 2.10. The summed E-state index contributed by atoms with van der Waals surface area (Å²) < 4.78 is 17.1. The monoisotopic (exact) mass is 391 g/mol. The van der Waals surface area contributed by atoms with Crippen LogP contribution < -0.4 is 9.47 Å². The van der Waals surface area contributed by atoms with E-state index in [1.807, 2.05) is 18.3 Å². The lowest BCUT2D eigenvalue weighted by Crippen LogP contribution is -2.35. The minimum Gasteiger partial charge on any atom is -0.486 e. The number of benzene rings is 1. The Morgan fingerprint density at radius 1 is 1.10 bits per heavy atom. The summed E-state index contributed by atoms with van der Waals surface area (Å²) in [5, 5.41) is 0. The number of fused-ring (bicyclic) bond motifs is 2. The van der Waals surface area contributed by atoms with Crippen molar-refractivity contribution < 1.29 is 18.7 Å². The molecule has 0 atom stereocenters. The van der Waals surface area contributed by atoms with Gasteiger partial charge in [-0.15, -0.1) is 0 Å². The van der Waals surface area contributed by atoms with Gasteiger partial charge >= 0.3 is 0 Å². The summed E-state index contributed by atoms with van der Waals surface area (Å²) in [6, 6.07) is 9.31. The van der Waals surface area contributed by atoms with Crippen LogP contribution in [0.25, 0.3) is 0 Å². The van der Waals surface area contributed by atoms with E-state index in [9.17, 15) is 4.79 Å². The van der Waals surface area contributed by atoms with Gasteiger partial charge in [-0.1, -0.05) is 6.07 Å². The summed E-state index contributed by atoms with van der Waals surface area (Å²) in [5.41, 5.74) is 2.60. The second-order valence-electron chi connectivity index (χ2n) is 7.17. The molecule has 0 spiro atoms.